The van der Waals surface area contributed by atoms with Crippen molar-refractivity contribution in [1.82, 2.24) is 10.6 Å². The molecule has 1 atom stereocenters. The number of hydrogen-bond acceptors (Lipinski definition) is 2. The van der Waals surface area contributed by atoms with Gasteiger partial charge in [-0.1, -0.05) is 37.6 Å². The van der Waals surface area contributed by atoms with E-state index in [9.17, 15) is 0 Å². The normalized spacial score (nSPS) is 23.9. The summed E-state index contributed by atoms with van der Waals surface area (Å²) in [6.45, 7) is 5.70. The van der Waals surface area contributed by atoms with Gasteiger partial charge in [-0.2, -0.15) is 0 Å². The zero-order chi connectivity index (χ0) is 13.1. The molecule has 0 saturated heterocycles. The van der Waals surface area contributed by atoms with E-state index in [-0.39, 0.29) is 0 Å². The fraction of sp³-hybridized carbons (Fsp3) is 0.647. The molecule has 1 aliphatic heterocycles. The first-order valence-electron chi connectivity index (χ1n) is 7.85. The maximum absolute atomic E-state index is 3.72. The fourth-order valence-electron chi connectivity index (χ4n) is 3.48. The summed E-state index contributed by atoms with van der Waals surface area (Å²) >= 11 is 0. The Labute approximate surface area is 117 Å². The second kappa shape index (κ2) is 5.64. The van der Waals surface area contributed by atoms with Gasteiger partial charge in [0.15, 0.2) is 0 Å². The zero-order valence-corrected chi connectivity index (χ0v) is 12.0. The summed E-state index contributed by atoms with van der Waals surface area (Å²) in [5.41, 5.74) is 3.69. The van der Waals surface area contributed by atoms with Crippen molar-refractivity contribution < 1.29 is 0 Å². The topological polar surface area (TPSA) is 24.1 Å². The first-order valence-corrected chi connectivity index (χ1v) is 7.85. The van der Waals surface area contributed by atoms with Gasteiger partial charge < -0.3 is 10.6 Å². The van der Waals surface area contributed by atoms with Gasteiger partial charge in [-0.25, -0.2) is 0 Å². The van der Waals surface area contributed by atoms with E-state index >= 15 is 0 Å². The maximum atomic E-state index is 3.72. The summed E-state index contributed by atoms with van der Waals surface area (Å²) in [4.78, 5) is 0. The molecule has 2 aliphatic rings. The molecule has 104 valence electrons. The number of nitrogens with one attached hydrogen (secondary N) is 2. The summed E-state index contributed by atoms with van der Waals surface area (Å²) in [7, 11) is 0. The molecule has 1 heterocycles. The van der Waals surface area contributed by atoms with Gasteiger partial charge in [0, 0.05) is 19.1 Å². The van der Waals surface area contributed by atoms with Crippen LogP contribution < -0.4 is 10.6 Å². The van der Waals surface area contributed by atoms with Gasteiger partial charge in [0.25, 0.3) is 0 Å². The summed E-state index contributed by atoms with van der Waals surface area (Å²) in [5.74, 6) is 0. The zero-order valence-electron chi connectivity index (χ0n) is 12.0. The minimum absolute atomic E-state index is 0.502. The highest BCUT2D eigenvalue weighted by molar-refractivity contribution is 5.32. The van der Waals surface area contributed by atoms with E-state index in [0.717, 1.165) is 13.1 Å². The van der Waals surface area contributed by atoms with Gasteiger partial charge in [0.2, 0.25) is 0 Å². The molecule has 0 radical (unpaired) electrons. The standard InChI is InChI=1S/C17H26N2/c1-2-8-17(9-10-17)13-18-12-16-15-6-4-3-5-14(15)7-11-19-16/h3-6,16,18-19H,2,7-13H2,1H3. The van der Waals surface area contributed by atoms with Crippen LogP contribution in [0.3, 0.4) is 0 Å². The van der Waals surface area contributed by atoms with Crippen LogP contribution in [-0.2, 0) is 6.42 Å². The fourth-order valence-corrected chi connectivity index (χ4v) is 3.48. The molecule has 1 unspecified atom stereocenters. The number of hydrogen-bond donors (Lipinski definition) is 2. The average molecular weight is 258 g/mol. The van der Waals surface area contributed by atoms with Crippen molar-refractivity contribution in [3.63, 3.8) is 0 Å². The Bertz CT molecular complexity index is 423. The minimum Gasteiger partial charge on any atom is -0.314 e. The van der Waals surface area contributed by atoms with Crippen LogP contribution in [0.1, 0.15) is 49.8 Å². The Hall–Kier alpha value is -0.860. The molecule has 2 N–H and O–H groups in total. The van der Waals surface area contributed by atoms with E-state index in [2.05, 4.69) is 41.8 Å². The van der Waals surface area contributed by atoms with Gasteiger partial charge in [0.05, 0.1) is 0 Å². The molecule has 1 aromatic rings. The third-order valence-electron chi connectivity index (χ3n) is 4.80. The molecule has 1 aliphatic carbocycles. The van der Waals surface area contributed by atoms with Crippen LogP contribution >= 0.6 is 0 Å². The van der Waals surface area contributed by atoms with Crippen LogP contribution in [0.5, 0.6) is 0 Å². The highest BCUT2D eigenvalue weighted by Crippen LogP contribution is 2.48. The van der Waals surface area contributed by atoms with Crippen molar-refractivity contribution in [2.24, 2.45) is 5.41 Å². The van der Waals surface area contributed by atoms with Crippen molar-refractivity contribution in [2.75, 3.05) is 19.6 Å². The monoisotopic (exact) mass is 258 g/mol. The number of rotatable bonds is 6. The Morgan fingerprint density at radius 1 is 1.32 bits per heavy atom. The molecule has 0 aromatic heterocycles. The van der Waals surface area contributed by atoms with E-state index in [1.54, 1.807) is 0 Å². The van der Waals surface area contributed by atoms with E-state index < -0.39 is 0 Å². The molecule has 1 saturated carbocycles. The van der Waals surface area contributed by atoms with Crippen molar-refractivity contribution in [1.29, 1.82) is 0 Å². The molecule has 3 rings (SSSR count). The van der Waals surface area contributed by atoms with Crippen LogP contribution in [-0.4, -0.2) is 19.6 Å². The molecular formula is C17H26N2. The highest BCUT2D eigenvalue weighted by Gasteiger charge is 2.40. The lowest BCUT2D eigenvalue weighted by Gasteiger charge is -2.28. The van der Waals surface area contributed by atoms with Gasteiger partial charge in [-0.15, -0.1) is 0 Å². The van der Waals surface area contributed by atoms with Gasteiger partial charge in [-0.05, 0) is 48.8 Å². The van der Waals surface area contributed by atoms with Gasteiger partial charge in [0.1, 0.15) is 0 Å². The van der Waals surface area contributed by atoms with Gasteiger partial charge in [-0.3, -0.25) is 0 Å². The molecule has 1 aromatic carbocycles. The summed E-state index contributed by atoms with van der Waals surface area (Å²) < 4.78 is 0. The van der Waals surface area contributed by atoms with Crippen LogP contribution in [0.25, 0.3) is 0 Å². The Morgan fingerprint density at radius 2 is 2.16 bits per heavy atom. The minimum atomic E-state index is 0.502. The van der Waals surface area contributed by atoms with E-state index in [1.807, 2.05) is 0 Å². The quantitative estimate of drug-likeness (QED) is 0.819. The Balaban J connectivity index is 1.54. The van der Waals surface area contributed by atoms with Crippen molar-refractivity contribution in [2.45, 2.75) is 45.1 Å². The molecule has 0 bridgehead atoms. The third kappa shape index (κ3) is 3.01. The molecule has 0 amide bonds. The van der Waals surface area contributed by atoms with Crippen LogP contribution in [0, 0.1) is 5.41 Å². The first-order chi connectivity index (χ1) is 9.33. The molecule has 2 heteroatoms. The predicted molar refractivity (Wildman–Crippen MR) is 80.3 cm³/mol. The van der Waals surface area contributed by atoms with E-state index in [0.29, 0.717) is 11.5 Å². The summed E-state index contributed by atoms with van der Waals surface area (Å²) in [6, 6.07) is 9.39. The van der Waals surface area contributed by atoms with Gasteiger partial charge >= 0.3 is 0 Å². The molecular weight excluding hydrogens is 232 g/mol. The van der Waals surface area contributed by atoms with Crippen LogP contribution in [0.15, 0.2) is 24.3 Å². The largest absolute Gasteiger partial charge is 0.314 e. The second-order valence-electron chi connectivity index (χ2n) is 6.34. The molecule has 19 heavy (non-hydrogen) atoms. The average Bonchev–Trinajstić information content (AvgIpc) is 3.19. The maximum Gasteiger partial charge on any atom is 0.0449 e. The smallest absolute Gasteiger partial charge is 0.0449 e. The SMILES string of the molecule is CCCC1(CNCC2NCCc3ccccc32)CC1. The van der Waals surface area contributed by atoms with E-state index in [1.165, 1.54) is 49.8 Å². The third-order valence-corrected chi connectivity index (χ3v) is 4.80. The van der Waals surface area contributed by atoms with Crippen molar-refractivity contribution in [3.05, 3.63) is 35.4 Å². The van der Waals surface area contributed by atoms with Crippen LogP contribution in [0.2, 0.25) is 0 Å². The number of fused-ring (bicyclic) bond motifs is 1. The molecule has 2 nitrogen and oxygen atoms in total. The Kier molecular flexibility index (Phi) is 3.90. The number of benzene rings is 1. The lowest BCUT2D eigenvalue weighted by molar-refractivity contribution is 0.392. The van der Waals surface area contributed by atoms with Crippen LogP contribution in [0.4, 0.5) is 0 Å². The van der Waals surface area contributed by atoms with Crippen molar-refractivity contribution >= 4 is 0 Å². The summed E-state index contributed by atoms with van der Waals surface area (Å²) in [5, 5.41) is 7.37. The lowest BCUT2D eigenvalue weighted by Crippen LogP contribution is -2.38. The predicted octanol–water partition coefficient (Wildman–Crippen LogP) is 3.04. The Morgan fingerprint density at radius 3 is 2.95 bits per heavy atom. The molecule has 1 fully saturated rings. The summed E-state index contributed by atoms with van der Waals surface area (Å²) in [6.07, 6.45) is 6.76. The van der Waals surface area contributed by atoms with E-state index in [4.69, 9.17) is 0 Å². The first kappa shape index (κ1) is 13.1. The van der Waals surface area contributed by atoms with Crippen molar-refractivity contribution in [3.8, 4) is 0 Å². The lowest BCUT2D eigenvalue weighted by atomic mass is 9.94. The highest BCUT2D eigenvalue weighted by atomic mass is 15.0. The second-order valence-corrected chi connectivity index (χ2v) is 6.34. The molecule has 0 spiro atoms.